The van der Waals surface area contributed by atoms with Crippen molar-refractivity contribution in [1.82, 2.24) is 10.2 Å². The minimum Gasteiger partial charge on any atom is -0.398 e. The van der Waals surface area contributed by atoms with Crippen molar-refractivity contribution in [2.24, 2.45) is 5.92 Å². The molecule has 0 unspecified atom stereocenters. The van der Waals surface area contributed by atoms with E-state index in [0.717, 1.165) is 24.4 Å². The van der Waals surface area contributed by atoms with Gasteiger partial charge in [0.2, 0.25) is 0 Å². The van der Waals surface area contributed by atoms with Gasteiger partial charge in [-0.1, -0.05) is 19.1 Å². The van der Waals surface area contributed by atoms with Crippen LogP contribution in [0, 0.1) is 12.8 Å². The number of nitrogen functional groups attached to an aromatic ring is 1. The molecular formula is C17H27N3O. The number of amides is 1. The first kappa shape index (κ1) is 15.8. The molecule has 4 nitrogen and oxygen atoms in total. The van der Waals surface area contributed by atoms with Crippen LogP contribution in [0.3, 0.4) is 0 Å². The number of anilines is 1. The number of carbonyl (C=O) groups excluding carboxylic acids is 1. The SMILES string of the molecule is Cc1cccc(N)c1C(=O)NCCCN1CCC(C)CC1. The summed E-state index contributed by atoms with van der Waals surface area (Å²) in [5.41, 5.74) is 7.98. The summed E-state index contributed by atoms with van der Waals surface area (Å²) in [5.74, 6) is 0.808. The molecule has 1 aliphatic heterocycles. The van der Waals surface area contributed by atoms with Gasteiger partial charge in [-0.05, 0) is 63.4 Å². The summed E-state index contributed by atoms with van der Waals surface area (Å²) in [5, 5.41) is 2.98. The van der Waals surface area contributed by atoms with E-state index in [-0.39, 0.29) is 5.91 Å². The van der Waals surface area contributed by atoms with Gasteiger partial charge in [0.15, 0.2) is 0 Å². The predicted octanol–water partition coefficient (Wildman–Crippen LogP) is 2.43. The molecule has 2 rings (SSSR count). The molecule has 4 heteroatoms. The third kappa shape index (κ3) is 4.46. The van der Waals surface area contributed by atoms with Crippen molar-refractivity contribution < 1.29 is 4.79 Å². The first-order chi connectivity index (χ1) is 10.1. The molecule has 0 aliphatic carbocycles. The van der Waals surface area contributed by atoms with Crippen molar-refractivity contribution in [1.29, 1.82) is 0 Å². The van der Waals surface area contributed by atoms with Gasteiger partial charge in [-0.2, -0.15) is 0 Å². The second-order valence-electron chi connectivity index (χ2n) is 6.17. The second-order valence-corrected chi connectivity index (χ2v) is 6.17. The summed E-state index contributed by atoms with van der Waals surface area (Å²) in [7, 11) is 0. The van der Waals surface area contributed by atoms with Crippen LogP contribution in [-0.2, 0) is 0 Å². The minimum atomic E-state index is -0.0575. The van der Waals surface area contributed by atoms with E-state index >= 15 is 0 Å². The molecular weight excluding hydrogens is 262 g/mol. The smallest absolute Gasteiger partial charge is 0.253 e. The zero-order chi connectivity index (χ0) is 15.2. The van der Waals surface area contributed by atoms with Gasteiger partial charge in [-0.15, -0.1) is 0 Å². The van der Waals surface area contributed by atoms with Crippen molar-refractivity contribution in [3.63, 3.8) is 0 Å². The van der Waals surface area contributed by atoms with Crippen molar-refractivity contribution in [3.8, 4) is 0 Å². The first-order valence-corrected chi connectivity index (χ1v) is 7.93. The Kier molecular flexibility index (Phi) is 5.62. The Morgan fingerprint density at radius 3 is 2.76 bits per heavy atom. The molecule has 1 amide bonds. The summed E-state index contributed by atoms with van der Waals surface area (Å²) in [6.07, 6.45) is 3.59. The number of aryl methyl sites for hydroxylation is 1. The molecule has 0 radical (unpaired) electrons. The van der Waals surface area contributed by atoms with Gasteiger partial charge in [0.1, 0.15) is 0 Å². The molecule has 1 aromatic rings. The third-order valence-corrected chi connectivity index (χ3v) is 4.35. The van der Waals surface area contributed by atoms with Gasteiger partial charge in [0.25, 0.3) is 5.91 Å². The van der Waals surface area contributed by atoms with E-state index in [1.165, 1.54) is 25.9 Å². The van der Waals surface area contributed by atoms with Crippen LogP contribution < -0.4 is 11.1 Å². The molecule has 1 saturated heterocycles. The van der Waals surface area contributed by atoms with Crippen molar-refractivity contribution in [2.45, 2.75) is 33.1 Å². The van der Waals surface area contributed by atoms with Crippen LogP contribution in [0.15, 0.2) is 18.2 Å². The lowest BCUT2D eigenvalue weighted by atomic mass is 9.99. The van der Waals surface area contributed by atoms with E-state index in [0.29, 0.717) is 17.8 Å². The molecule has 1 aromatic carbocycles. The number of nitrogens with zero attached hydrogens (tertiary/aromatic N) is 1. The van der Waals surface area contributed by atoms with E-state index in [4.69, 9.17) is 5.73 Å². The number of hydrogen-bond acceptors (Lipinski definition) is 3. The Morgan fingerprint density at radius 2 is 2.10 bits per heavy atom. The lowest BCUT2D eigenvalue weighted by molar-refractivity contribution is 0.0951. The molecule has 0 atom stereocenters. The highest BCUT2D eigenvalue weighted by Gasteiger charge is 2.15. The molecule has 0 spiro atoms. The largest absolute Gasteiger partial charge is 0.398 e. The second kappa shape index (κ2) is 7.46. The summed E-state index contributed by atoms with van der Waals surface area (Å²) < 4.78 is 0. The highest BCUT2D eigenvalue weighted by Crippen LogP contribution is 2.17. The molecule has 1 heterocycles. The molecule has 1 aliphatic rings. The maximum atomic E-state index is 12.2. The van der Waals surface area contributed by atoms with Crippen LogP contribution in [0.5, 0.6) is 0 Å². The fourth-order valence-corrected chi connectivity index (χ4v) is 2.88. The number of nitrogens with two attached hydrogens (primary N) is 1. The molecule has 3 N–H and O–H groups in total. The fraction of sp³-hybridized carbons (Fsp3) is 0.588. The molecule has 116 valence electrons. The maximum Gasteiger partial charge on any atom is 0.253 e. The van der Waals surface area contributed by atoms with Gasteiger partial charge in [0.05, 0.1) is 5.56 Å². The van der Waals surface area contributed by atoms with Crippen molar-refractivity contribution in [2.75, 3.05) is 31.9 Å². The Bertz CT molecular complexity index is 459. The minimum absolute atomic E-state index is 0.0575. The number of piperidine rings is 1. The number of carbonyl (C=O) groups is 1. The first-order valence-electron chi connectivity index (χ1n) is 7.93. The number of nitrogens with one attached hydrogen (secondary N) is 1. The van der Waals surface area contributed by atoms with E-state index in [2.05, 4.69) is 17.1 Å². The quantitative estimate of drug-likeness (QED) is 0.646. The van der Waals surface area contributed by atoms with Gasteiger partial charge < -0.3 is 16.0 Å². The maximum absolute atomic E-state index is 12.2. The van der Waals surface area contributed by atoms with Crippen LogP contribution in [0.4, 0.5) is 5.69 Å². The van der Waals surface area contributed by atoms with Crippen molar-refractivity contribution >= 4 is 11.6 Å². The monoisotopic (exact) mass is 289 g/mol. The van der Waals surface area contributed by atoms with Crippen LogP contribution >= 0.6 is 0 Å². The number of likely N-dealkylation sites (tertiary alicyclic amines) is 1. The van der Waals surface area contributed by atoms with E-state index in [1.807, 2.05) is 19.1 Å². The molecule has 0 aromatic heterocycles. The van der Waals surface area contributed by atoms with Gasteiger partial charge in [-0.3, -0.25) is 4.79 Å². The standard InChI is InChI=1S/C17H27N3O/c1-13-7-11-20(12-8-13)10-4-9-19-17(21)16-14(2)5-3-6-15(16)18/h3,5-6,13H,4,7-12,18H2,1-2H3,(H,19,21). The normalized spacial score (nSPS) is 16.9. The lowest BCUT2D eigenvalue weighted by Crippen LogP contribution is -2.35. The summed E-state index contributed by atoms with van der Waals surface area (Å²) in [6.45, 7) is 8.40. The van der Waals surface area contributed by atoms with Crippen LogP contribution in [0.2, 0.25) is 0 Å². The molecule has 1 fully saturated rings. The number of benzene rings is 1. The van der Waals surface area contributed by atoms with E-state index in [1.54, 1.807) is 6.07 Å². The van der Waals surface area contributed by atoms with Crippen LogP contribution in [0.25, 0.3) is 0 Å². The predicted molar refractivity (Wildman–Crippen MR) is 87.4 cm³/mol. The number of hydrogen-bond donors (Lipinski definition) is 2. The Morgan fingerprint density at radius 1 is 1.38 bits per heavy atom. The van der Waals surface area contributed by atoms with Crippen molar-refractivity contribution in [3.05, 3.63) is 29.3 Å². The zero-order valence-electron chi connectivity index (χ0n) is 13.2. The average Bonchev–Trinajstić information content (AvgIpc) is 2.45. The Labute approximate surface area is 127 Å². The van der Waals surface area contributed by atoms with Gasteiger partial charge in [-0.25, -0.2) is 0 Å². The average molecular weight is 289 g/mol. The summed E-state index contributed by atoms with van der Waals surface area (Å²) in [4.78, 5) is 14.7. The third-order valence-electron chi connectivity index (χ3n) is 4.35. The van der Waals surface area contributed by atoms with E-state index < -0.39 is 0 Å². The zero-order valence-corrected chi connectivity index (χ0v) is 13.2. The summed E-state index contributed by atoms with van der Waals surface area (Å²) in [6, 6.07) is 5.57. The lowest BCUT2D eigenvalue weighted by Gasteiger charge is -2.30. The highest BCUT2D eigenvalue weighted by molar-refractivity contribution is 6.00. The van der Waals surface area contributed by atoms with Gasteiger partial charge in [0, 0.05) is 12.2 Å². The fourth-order valence-electron chi connectivity index (χ4n) is 2.88. The molecule has 0 bridgehead atoms. The number of rotatable bonds is 5. The summed E-state index contributed by atoms with van der Waals surface area (Å²) >= 11 is 0. The topological polar surface area (TPSA) is 58.4 Å². The van der Waals surface area contributed by atoms with Gasteiger partial charge >= 0.3 is 0 Å². The van der Waals surface area contributed by atoms with Crippen LogP contribution in [0.1, 0.15) is 42.1 Å². The highest BCUT2D eigenvalue weighted by atomic mass is 16.1. The van der Waals surface area contributed by atoms with Crippen LogP contribution in [-0.4, -0.2) is 37.0 Å². The Hall–Kier alpha value is -1.55. The van der Waals surface area contributed by atoms with E-state index in [9.17, 15) is 4.79 Å². The molecule has 0 saturated carbocycles. The Balaban J connectivity index is 1.72. The molecule has 21 heavy (non-hydrogen) atoms.